The SMILES string of the molecule is COc1cc(CC2CCCCC2N)cc(OC)c1. The van der Waals surface area contributed by atoms with Gasteiger partial charge in [-0.1, -0.05) is 12.8 Å². The maximum Gasteiger partial charge on any atom is 0.122 e. The number of rotatable bonds is 4. The molecule has 2 rings (SSSR count). The lowest BCUT2D eigenvalue weighted by atomic mass is 9.81. The Labute approximate surface area is 109 Å². The van der Waals surface area contributed by atoms with Crippen molar-refractivity contribution in [3.05, 3.63) is 23.8 Å². The van der Waals surface area contributed by atoms with Gasteiger partial charge in [0, 0.05) is 12.1 Å². The van der Waals surface area contributed by atoms with Gasteiger partial charge >= 0.3 is 0 Å². The third-order valence-electron chi connectivity index (χ3n) is 3.88. The fourth-order valence-corrected chi connectivity index (χ4v) is 2.78. The average molecular weight is 249 g/mol. The molecular weight excluding hydrogens is 226 g/mol. The van der Waals surface area contributed by atoms with E-state index in [9.17, 15) is 0 Å². The van der Waals surface area contributed by atoms with Gasteiger partial charge in [0.15, 0.2) is 0 Å². The lowest BCUT2D eigenvalue weighted by Crippen LogP contribution is -2.34. The van der Waals surface area contributed by atoms with Crippen molar-refractivity contribution in [2.75, 3.05) is 14.2 Å². The Kier molecular flexibility index (Phi) is 4.48. The van der Waals surface area contributed by atoms with Crippen LogP contribution in [0.2, 0.25) is 0 Å². The summed E-state index contributed by atoms with van der Waals surface area (Å²) < 4.78 is 10.6. The topological polar surface area (TPSA) is 44.5 Å². The van der Waals surface area contributed by atoms with Crippen molar-refractivity contribution < 1.29 is 9.47 Å². The summed E-state index contributed by atoms with van der Waals surface area (Å²) >= 11 is 0. The van der Waals surface area contributed by atoms with Crippen molar-refractivity contribution in [1.82, 2.24) is 0 Å². The summed E-state index contributed by atoms with van der Waals surface area (Å²) in [6.45, 7) is 0. The molecule has 3 nitrogen and oxygen atoms in total. The molecule has 1 aliphatic carbocycles. The molecule has 1 aliphatic rings. The van der Waals surface area contributed by atoms with Gasteiger partial charge < -0.3 is 15.2 Å². The van der Waals surface area contributed by atoms with Crippen LogP contribution in [0.15, 0.2) is 18.2 Å². The first kappa shape index (κ1) is 13.2. The lowest BCUT2D eigenvalue weighted by molar-refractivity contribution is 0.305. The molecule has 0 radical (unpaired) electrons. The van der Waals surface area contributed by atoms with Gasteiger partial charge in [-0.2, -0.15) is 0 Å². The van der Waals surface area contributed by atoms with Crippen LogP contribution >= 0.6 is 0 Å². The molecule has 1 aromatic rings. The summed E-state index contributed by atoms with van der Waals surface area (Å²) in [5, 5.41) is 0. The first-order valence-electron chi connectivity index (χ1n) is 6.70. The van der Waals surface area contributed by atoms with E-state index in [1.54, 1.807) is 14.2 Å². The molecule has 0 aromatic heterocycles. The molecule has 2 atom stereocenters. The summed E-state index contributed by atoms with van der Waals surface area (Å²) in [7, 11) is 3.37. The summed E-state index contributed by atoms with van der Waals surface area (Å²) in [6, 6.07) is 6.42. The fourth-order valence-electron chi connectivity index (χ4n) is 2.78. The second-order valence-electron chi connectivity index (χ2n) is 5.13. The average Bonchev–Trinajstić information content (AvgIpc) is 2.41. The molecule has 1 aromatic carbocycles. The van der Waals surface area contributed by atoms with Gasteiger partial charge in [0.05, 0.1) is 14.2 Å². The Bertz CT molecular complexity index is 370. The van der Waals surface area contributed by atoms with Crippen molar-refractivity contribution in [2.24, 2.45) is 11.7 Å². The molecule has 3 heteroatoms. The maximum absolute atomic E-state index is 6.21. The highest BCUT2D eigenvalue weighted by Gasteiger charge is 2.22. The molecule has 0 aliphatic heterocycles. The Morgan fingerprint density at radius 1 is 1.06 bits per heavy atom. The van der Waals surface area contributed by atoms with Crippen molar-refractivity contribution in [2.45, 2.75) is 38.1 Å². The van der Waals surface area contributed by atoms with Crippen LogP contribution in [0, 0.1) is 5.92 Å². The van der Waals surface area contributed by atoms with Gasteiger partial charge in [-0.05, 0) is 42.9 Å². The number of hydrogen-bond acceptors (Lipinski definition) is 3. The van der Waals surface area contributed by atoms with E-state index in [1.807, 2.05) is 6.07 Å². The van der Waals surface area contributed by atoms with Gasteiger partial charge in [0.1, 0.15) is 11.5 Å². The van der Waals surface area contributed by atoms with Crippen LogP contribution in [0.4, 0.5) is 0 Å². The number of nitrogens with two attached hydrogens (primary N) is 1. The minimum absolute atomic E-state index is 0.343. The summed E-state index contributed by atoms with van der Waals surface area (Å²) in [4.78, 5) is 0. The zero-order valence-corrected chi connectivity index (χ0v) is 11.3. The second kappa shape index (κ2) is 6.10. The first-order valence-corrected chi connectivity index (χ1v) is 6.70. The Hall–Kier alpha value is -1.22. The van der Waals surface area contributed by atoms with Gasteiger partial charge in [0.2, 0.25) is 0 Å². The molecule has 100 valence electrons. The quantitative estimate of drug-likeness (QED) is 0.892. The van der Waals surface area contributed by atoms with Gasteiger partial charge in [-0.25, -0.2) is 0 Å². The van der Waals surface area contributed by atoms with E-state index in [4.69, 9.17) is 15.2 Å². The van der Waals surface area contributed by atoms with E-state index in [0.29, 0.717) is 12.0 Å². The highest BCUT2D eigenvalue weighted by molar-refractivity contribution is 5.38. The van der Waals surface area contributed by atoms with Gasteiger partial charge in [-0.15, -0.1) is 0 Å². The van der Waals surface area contributed by atoms with Crippen molar-refractivity contribution in [3.8, 4) is 11.5 Å². The van der Waals surface area contributed by atoms with Crippen molar-refractivity contribution in [1.29, 1.82) is 0 Å². The predicted molar refractivity (Wildman–Crippen MR) is 73.2 cm³/mol. The number of ether oxygens (including phenoxy) is 2. The molecular formula is C15H23NO2. The molecule has 18 heavy (non-hydrogen) atoms. The van der Waals surface area contributed by atoms with E-state index in [2.05, 4.69) is 12.1 Å². The predicted octanol–water partition coefficient (Wildman–Crippen LogP) is 2.76. The standard InChI is InChI=1S/C15H23NO2/c1-17-13-8-11(9-14(10-13)18-2)7-12-5-3-4-6-15(12)16/h8-10,12,15H,3-7,16H2,1-2H3. The minimum Gasteiger partial charge on any atom is -0.497 e. The lowest BCUT2D eigenvalue weighted by Gasteiger charge is -2.28. The molecule has 2 N–H and O–H groups in total. The van der Waals surface area contributed by atoms with Crippen LogP contribution in [-0.4, -0.2) is 20.3 Å². The van der Waals surface area contributed by atoms with Gasteiger partial charge in [-0.3, -0.25) is 0 Å². The number of hydrogen-bond donors (Lipinski definition) is 1. The number of methoxy groups -OCH3 is 2. The molecule has 2 unspecified atom stereocenters. The summed E-state index contributed by atoms with van der Waals surface area (Å²) in [5.41, 5.74) is 7.46. The Morgan fingerprint density at radius 3 is 2.22 bits per heavy atom. The molecule has 1 saturated carbocycles. The number of benzene rings is 1. The first-order chi connectivity index (χ1) is 8.72. The molecule has 0 heterocycles. The van der Waals surface area contributed by atoms with Crippen LogP contribution in [0.5, 0.6) is 11.5 Å². The normalized spacial score (nSPS) is 23.7. The van der Waals surface area contributed by atoms with Crippen LogP contribution in [0.25, 0.3) is 0 Å². The van der Waals surface area contributed by atoms with Crippen LogP contribution in [-0.2, 0) is 6.42 Å². The Morgan fingerprint density at radius 2 is 1.67 bits per heavy atom. The van der Waals surface area contributed by atoms with Crippen molar-refractivity contribution >= 4 is 0 Å². The van der Waals surface area contributed by atoms with Gasteiger partial charge in [0.25, 0.3) is 0 Å². The van der Waals surface area contributed by atoms with Crippen LogP contribution in [0.3, 0.4) is 0 Å². The maximum atomic E-state index is 6.21. The summed E-state index contributed by atoms with van der Waals surface area (Å²) in [5.74, 6) is 2.30. The van der Waals surface area contributed by atoms with Crippen molar-refractivity contribution in [3.63, 3.8) is 0 Å². The fraction of sp³-hybridized carbons (Fsp3) is 0.600. The highest BCUT2D eigenvalue weighted by Crippen LogP contribution is 2.29. The van der Waals surface area contributed by atoms with E-state index in [-0.39, 0.29) is 0 Å². The minimum atomic E-state index is 0.343. The third-order valence-corrected chi connectivity index (χ3v) is 3.88. The monoisotopic (exact) mass is 249 g/mol. The van der Waals surface area contributed by atoms with Crippen LogP contribution in [0.1, 0.15) is 31.2 Å². The smallest absolute Gasteiger partial charge is 0.122 e. The van der Waals surface area contributed by atoms with E-state index in [0.717, 1.165) is 24.3 Å². The largest absolute Gasteiger partial charge is 0.497 e. The highest BCUT2D eigenvalue weighted by atomic mass is 16.5. The second-order valence-corrected chi connectivity index (χ2v) is 5.13. The Balaban J connectivity index is 2.12. The van der Waals surface area contributed by atoms with E-state index < -0.39 is 0 Å². The van der Waals surface area contributed by atoms with E-state index in [1.165, 1.54) is 24.8 Å². The molecule has 0 amide bonds. The molecule has 1 fully saturated rings. The van der Waals surface area contributed by atoms with Crippen LogP contribution < -0.4 is 15.2 Å². The molecule has 0 bridgehead atoms. The zero-order chi connectivity index (χ0) is 13.0. The molecule has 0 saturated heterocycles. The third kappa shape index (κ3) is 3.16. The summed E-state index contributed by atoms with van der Waals surface area (Å²) in [6.07, 6.45) is 6.00. The van der Waals surface area contributed by atoms with E-state index >= 15 is 0 Å². The zero-order valence-electron chi connectivity index (χ0n) is 11.3. The molecule has 0 spiro atoms.